The molecule has 4 fully saturated rings. The van der Waals surface area contributed by atoms with Crippen LogP contribution in [0.4, 0.5) is 0 Å². The van der Waals surface area contributed by atoms with Crippen LogP contribution in [0.15, 0.2) is 18.2 Å². The molecule has 3 heterocycles. The van der Waals surface area contributed by atoms with Gasteiger partial charge < -0.3 is 10.2 Å². The van der Waals surface area contributed by atoms with Crippen LogP contribution in [0.25, 0.3) is 0 Å². The fraction of sp³-hybridized carbons (Fsp3) is 0.643. The number of nitrogens with one attached hydrogen (secondary N) is 2. The van der Waals surface area contributed by atoms with Crippen molar-refractivity contribution in [3.05, 3.63) is 34.9 Å². The third-order valence-corrected chi connectivity index (χ3v) is 10.8. The summed E-state index contributed by atoms with van der Waals surface area (Å²) in [5.74, 6) is -0.275. The van der Waals surface area contributed by atoms with E-state index in [-0.39, 0.29) is 41.3 Å². The number of ketones is 1. The summed E-state index contributed by atoms with van der Waals surface area (Å²) in [4.78, 5) is 49.5. The lowest BCUT2D eigenvalue weighted by molar-refractivity contribution is -0.137. The van der Waals surface area contributed by atoms with Gasteiger partial charge in [-0.2, -0.15) is 8.42 Å². The second kappa shape index (κ2) is 10.1. The number of imide groups is 1. The normalized spacial score (nSPS) is 30.2. The molecule has 1 aromatic carbocycles. The Morgan fingerprint density at radius 1 is 1.05 bits per heavy atom. The van der Waals surface area contributed by atoms with Crippen LogP contribution in [0.2, 0.25) is 0 Å². The van der Waals surface area contributed by atoms with Crippen LogP contribution < -0.4 is 10.6 Å². The van der Waals surface area contributed by atoms with Crippen LogP contribution in [0.5, 0.6) is 0 Å². The zero-order chi connectivity index (χ0) is 28.2. The summed E-state index contributed by atoms with van der Waals surface area (Å²) in [7, 11) is -4.08. The second-order valence-electron chi connectivity index (χ2n) is 12.2. The summed E-state index contributed by atoms with van der Waals surface area (Å²) in [5, 5.41) is 5.71. The third-order valence-electron chi connectivity index (χ3n) is 9.93. The van der Waals surface area contributed by atoms with Gasteiger partial charge in [-0.15, -0.1) is 0 Å². The van der Waals surface area contributed by atoms with Gasteiger partial charge in [0.1, 0.15) is 11.8 Å². The predicted molar refractivity (Wildman–Crippen MR) is 142 cm³/mol. The Bertz CT molecular complexity index is 1320. The number of piperidine rings is 2. The predicted octanol–water partition coefficient (Wildman–Crippen LogP) is 2.18. The smallest absolute Gasteiger partial charge is 0.265 e. The first-order valence-corrected chi connectivity index (χ1v) is 15.4. The largest absolute Gasteiger partial charge is 0.322 e. The highest BCUT2D eigenvalue weighted by atomic mass is 32.2. The van der Waals surface area contributed by atoms with Crippen molar-refractivity contribution in [3.63, 3.8) is 0 Å². The SMILES string of the molecule is CC1(C)[C@H]2CC[C@]1(CS(=O)(=O)O)C(=O)C2.O=C1CC[C@H](N2Cc3cc(C4CCNCC4)ccc3C2=O)C(=O)N1. The summed E-state index contributed by atoms with van der Waals surface area (Å²) < 4.78 is 31.0. The lowest BCUT2D eigenvalue weighted by Crippen LogP contribution is -2.52. The number of nitrogens with zero attached hydrogens (tertiary/aromatic N) is 1. The van der Waals surface area contributed by atoms with E-state index in [0.717, 1.165) is 37.9 Å². The Kier molecular flexibility index (Phi) is 7.22. The van der Waals surface area contributed by atoms with Crippen molar-refractivity contribution in [1.29, 1.82) is 0 Å². The van der Waals surface area contributed by atoms with E-state index in [0.29, 0.717) is 37.3 Å². The van der Waals surface area contributed by atoms with Crippen molar-refractivity contribution in [2.45, 2.75) is 77.3 Å². The van der Waals surface area contributed by atoms with Crippen molar-refractivity contribution in [3.8, 4) is 0 Å². The molecule has 0 spiro atoms. The average Bonchev–Trinajstić information content (AvgIpc) is 3.39. The molecule has 10 nitrogen and oxygen atoms in total. The highest BCUT2D eigenvalue weighted by Gasteiger charge is 2.65. The van der Waals surface area contributed by atoms with Crippen molar-refractivity contribution in [1.82, 2.24) is 15.5 Å². The quantitative estimate of drug-likeness (QED) is 0.375. The molecule has 3 aliphatic heterocycles. The van der Waals surface area contributed by atoms with Crippen molar-refractivity contribution < 1.29 is 32.1 Å². The van der Waals surface area contributed by atoms with E-state index < -0.39 is 27.3 Å². The molecule has 2 aliphatic carbocycles. The summed E-state index contributed by atoms with van der Waals surface area (Å²) in [6.45, 7) is 6.41. The zero-order valence-corrected chi connectivity index (χ0v) is 23.3. The van der Waals surface area contributed by atoms with E-state index in [1.807, 2.05) is 19.9 Å². The number of carbonyl (C=O) groups excluding carboxylic acids is 4. The lowest BCUT2D eigenvalue weighted by Gasteiger charge is -2.35. The summed E-state index contributed by atoms with van der Waals surface area (Å²) >= 11 is 0. The molecule has 2 saturated carbocycles. The highest BCUT2D eigenvalue weighted by molar-refractivity contribution is 7.85. The fourth-order valence-corrected chi connectivity index (χ4v) is 8.72. The van der Waals surface area contributed by atoms with E-state index in [1.165, 1.54) is 5.56 Å². The van der Waals surface area contributed by atoms with Gasteiger partial charge >= 0.3 is 0 Å². The van der Waals surface area contributed by atoms with E-state index >= 15 is 0 Å². The molecule has 0 unspecified atom stereocenters. The lowest BCUT2D eigenvalue weighted by atomic mass is 9.70. The number of hydrogen-bond acceptors (Lipinski definition) is 7. The van der Waals surface area contributed by atoms with Gasteiger partial charge in [0.25, 0.3) is 16.0 Å². The molecule has 3 amide bonds. The van der Waals surface area contributed by atoms with Crippen molar-refractivity contribution in [2.24, 2.45) is 16.7 Å². The molecule has 0 aromatic heterocycles. The van der Waals surface area contributed by atoms with Gasteiger partial charge in [0.2, 0.25) is 11.8 Å². The number of benzene rings is 1. The molecular weight excluding hydrogens is 522 g/mol. The molecule has 3 atom stereocenters. The average molecular weight is 560 g/mol. The summed E-state index contributed by atoms with van der Waals surface area (Å²) in [6.07, 6.45) is 4.90. The van der Waals surface area contributed by atoms with E-state index in [1.54, 1.807) is 4.90 Å². The minimum absolute atomic E-state index is 0.0152. The number of rotatable bonds is 4. The van der Waals surface area contributed by atoms with Crippen LogP contribution >= 0.6 is 0 Å². The Hall–Kier alpha value is -2.63. The Morgan fingerprint density at radius 3 is 2.36 bits per heavy atom. The first-order chi connectivity index (χ1) is 18.3. The highest BCUT2D eigenvalue weighted by Crippen LogP contribution is 2.64. The molecular formula is C28H37N3O7S. The van der Waals surface area contributed by atoms with Crippen LogP contribution in [0.1, 0.15) is 86.2 Å². The monoisotopic (exact) mass is 559 g/mol. The topological polar surface area (TPSA) is 150 Å². The fourth-order valence-electron chi connectivity index (χ4n) is 7.42. The van der Waals surface area contributed by atoms with E-state index in [9.17, 15) is 27.6 Å². The summed E-state index contributed by atoms with van der Waals surface area (Å²) in [5.41, 5.74) is 1.86. The van der Waals surface area contributed by atoms with Crippen LogP contribution in [-0.4, -0.2) is 66.3 Å². The van der Waals surface area contributed by atoms with Gasteiger partial charge in [-0.05, 0) is 79.6 Å². The molecule has 0 radical (unpaired) electrons. The standard InChI is InChI=1S/C18H21N3O3.C10H16O4S/c22-16-4-3-15(17(23)20-16)21-10-13-9-12(1-2-14(13)18(21)24)11-5-7-19-8-6-11;1-9(2)7-3-4-10(9,8(11)5-7)6-15(12,13)14/h1-2,9,11,15,19H,3-8,10H2,(H,20,22,23);7H,3-6H2,1-2H3,(H,12,13,14)/t15-;7-,10-/m00/s1. The second-order valence-corrected chi connectivity index (χ2v) is 13.7. The molecule has 6 rings (SSSR count). The van der Waals surface area contributed by atoms with Crippen LogP contribution in [0.3, 0.4) is 0 Å². The third kappa shape index (κ3) is 5.04. The molecule has 39 heavy (non-hydrogen) atoms. The van der Waals surface area contributed by atoms with Gasteiger partial charge in [-0.3, -0.25) is 29.0 Å². The van der Waals surface area contributed by atoms with Crippen LogP contribution in [0, 0.1) is 16.7 Å². The van der Waals surface area contributed by atoms with Crippen molar-refractivity contribution in [2.75, 3.05) is 18.8 Å². The van der Waals surface area contributed by atoms with Gasteiger partial charge in [0.05, 0.1) is 11.2 Å². The van der Waals surface area contributed by atoms with Crippen LogP contribution in [-0.2, 0) is 31.0 Å². The van der Waals surface area contributed by atoms with E-state index in [4.69, 9.17) is 4.55 Å². The molecule has 2 saturated heterocycles. The maximum Gasteiger partial charge on any atom is 0.265 e. The van der Waals surface area contributed by atoms with Gasteiger partial charge in [-0.25, -0.2) is 0 Å². The van der Waals surface area contributed by atoms with Gasteiger partial charge in [0.15, 0.2) is 0 Å². The number of carbonyl (C=O) groups is 4. The maximum absolute atomic E-state index is 12.7. The molecule has 11 heteroatoms. The zero-order valence-electron chi connectivity index (χ0n) is 22.5. The molecule has 1 aromatic rings. The Balaban J connectivity index is 0.000000177. The molecule has 3 N–H and O–H groups in total. The summed E-state index contributed by atoms with van der Waals surface area (Å²) in [6, 6.07) is 5.56. The number of hydrogen-bond donors (Lipinski definition) is 3. The number of fused-ring (bicyclic) bond motifs is 3. The van der Waals surface area contributed by atoms with Gasteiger partial charge in [-0.1, -0.05) is 26.0 Å². The Labute approximate surface area is 229 Å². The number of Topliss-reactive ketones (excluding diaryl/α,β-unsaturated/α-hetero) is 1. The minimum Gasteiger partial charge on any atom is -0.322 e. The first kappa shape index (κ1) is 27.9. The Morgan fingerprint density at radius 2 is 1.77 bits per heavy atom. The van der Waals surface area contributed by atoms with Gasteiger partial charge in [0, 0.05) is 24.9 Å². The molecule has 2 bridgehead atoms. The maximum atomic E-state index is 12.7. The molecule has 212 valence electrons. The van der Waals surface area contributed by atoms with Crippen molar-refractivity contribution >= 4 is 33.6 Å². The number of amides is 3. The minimum atomic E-state index is -4.08. The molecule has 5 aliphatic rings. The van der Waals surface area contributed by atoms with E-state index in [2.05, 4.69) is 22.8 Å². The first-order valence-electron chi connectivity index (χ1n) is 13.8.